The standard InChI is InChI=1S/C39H68N12O12S/c1-22(53)32(48-30(54)18-43-33(56)27(21-64)47-34(57)26(20-52)44-31(55)19-49(3)4)36(59)45-24(10-5-6-14-40)37(60)51-17-9-13-29(51)38(61)50-16-8-12-28(50)35(58)46-25(39(62)63)11-7-15-42-23(2)41/h22,24-29,32,52-53,64H,5-21,40H2,1-4H3,(H2,41,42)(H,43,56)(H,44,55)(H,45,59)(H,46,58)(H,47,57)(H,48,54)(H,62,63)/t22-,24+,25+,26+,27+,28+,29+,32+/m1/s1. The number of carbonyl (C=O) groups excluding carboxylic acids is 8. The predicted molar refractivity (Wildman–Crippen MR) is 235 cm³/mol. The van der Waals surface area contributed by atoms with Crippen LogP contribution in [0.25, 0.3) is 0 Å². The van der Waals surface area contributed by atoms with Gasteiger partial charge in [-0.3, -0.25) is 43.3 Å². The number of hydrogen-bond acceptors (Lipinski definition) is 15. The lowest BCUT2D eigenvalue weighted by atomic mass is 10.0. The van der Waals surface area contributed by atoms with Gasteiger partial charge in [0.05, 0.1) is 31.6 Å². The van der Waals surface area contributed by atoms with Crippen LogP contribution in [-0.2, 0) is 43.2 Å². The van der Waals surface area contributed by atoms with Crippen molar-refractivity contribution in [3.8, 4) is 0 Å². The third-order valence-electron chi connectivity index (χ3n) is 10.5. The first-order valence-electron chi connectivity index (χ1n) is 21.4. The summed E-state index contributed by atoms with van der Waals surface area (Å²) in [5, 5.41) is 44.4. The van der Waals surface area contributed by atoms with Gasteiger partial charge in [-0.25, -0.2) is 4.79 Å². The van der Waals surface area contributed by atoms with Gasteiger partial charge in [0.15, 0.2) is 0 Å². The van der Waals surface area contributed by atoms with E-state index in [4.69, 9.17) is 11.5 Å². The molecule has 64 heavy (non-hydrogen) atoms. The van der Waals surface area contributed by atoms with Crippen LogP contribution in [0.1, 0.15) is 71.6 Å². The molecule has 2 fully saturated rings. The number of amidine groups is 1. The molecule has 8 atom stereocenters. The van der Waals surface area contributed by atoms with Crippen molar-refractivity contribution in [1.29, 1.82) is 0 Å². The van der Waals surface area contributed by atoms with E-state index in [0.29, 0.717) is 37.9 Å². The number of aliphatic imine (C=N–C) groups is 1. The molecule has 2 aliphatic rings. The van der Waals surface area contributed by atoms with Crippen LogP contribution in [0.2, 0.25) is 0 Å². The van der Waals surface area contributed by atoms with Gasteiger partial charge in [-0.05, 0) is 92.3 Å². The van der Waals surface area contributed by atoms with Crippen molar-refractivity contribution in [1.82, 2.24) is 46.6 Å². The molecule has 24 nitrogen and oxygen atoms in total. The number of carboxylic acid groups (broad SMARTS) is 1. The summed E-state index contributed by atoms with van der Waals surface area (Å²) in [5.41, 5.74) is 11.2. The molecule has 8 amide bonds. The Morgan fingerprint density at radius 1 is 0.797 bits per heavy atom. The van der Waals surface area contributed by atoms with Crippen LogP contribution in [0.3, 0.4) is 0 Å². The highest BCUT2D eigenvalue weighted by molar-refractivity contribution is 7.80. The maximum Gasteiger partial charge on any atom is 0.326 e. The van der Waals surface area contributed by atoms with Crippen LogP contribution in [-0.4, -0.2) is 203 Å². The minimum atomic E-state index is -1.61. The number of carbonyl (C=O) groups is 9. The lowest BCUT2D eigenvalue weighted by Crippen LogP contribution is -2.60. The largest absolute Gasteiger partial charge is 0.480 e. The fraction of sp³-hybridized carbons (Fsp3) is 0.744. The number of nitrogens with zero attached hydrogens (tertiary/aromatic N) is 4. The average molecular weight is 929 g/mol. The summed E-state index contributed by atoms with van der Waals surface area (Å²) in [6.07, 6.45) is 1.36. The van der Waals surface area contributed by atoms with E-state index in [1.54, 1.807) is 25.9 Å². The second-order valence-electron chi connectivity index (χ2n) is 16.1. The molecule has 2 rings (SSSR count). The molecule has 2 heterocycles. The normalized spacial score (nSPS) is 19.1. The Balaban J connectivity index is 2.12. The number of hydrogen-bond donors (Lipinski definition) is 12. The summed E-state index contributed by atoms with van der Waals surface area (Å²) < 4.78 is 0. The highest BCUT2D eigenvalue weighted by Gasteiger charge is 2.44. The number of amides is 8. The molecule has 0 bridgehead atoms. The maximum atomic E-state index is 14.2. The summed E-state index contributed by atoms with van der Waals surface area (Å²) in [4.78, 5) is 126. The van der Waals surface area contributed by atoms with E-state index in [9.17, 15) is 58.5 Å². The first-order chi connectivity index (χ1) is 30.2. The molecule has 0 aromatic rings. The number of aliphatic hydroxyl groups is 2. The zero-order valence-corrected chi connectivity index (χ0v) is 37.9. The molecule has 362 valence electrons. The number of aliphatic carboxylic acids is 1. The van der Waals surface area contributed by atoms with Gasteiger partial charge in [0.2, 0.25) is 47.3 Å². The lowest BCUT2D eigenvalue weighted by Gasteiger charge is -2.33. The smallest absolute Gasteiger partial charge is 0.326 e. The summed E-state index contributed by atoms with van der Waals surface area (Å²) in [5.74, 6) is -7.03. The van der Waals surface area contributed by atoms with E-state index < -0.39 is 115 Å². The first-order valence-corrected chi connectivity index (χ1v) is 22.0. The van der Waals surface area contributed by atoms with Crippen LogP contribution in [0.15, 0.2) is 4.99 Å². The second-order valence-corrected chi connectivity index (χ2v) is 16.4. The van der Waals surface area contributed by atoms with E-state index in [0.717, 1.165) is 0 Å². The Morgan fingerprint density at radius 3 is 2.00 bits per heavy atom. The number of carboxylic acids is 1. The van der Waals surface area contributed by atoms with Crippen molar-refractivity contribution in [2.75, 3.05) is 65.7 Å². The third-order valence-corrected chi connectivity index (χ3v) is 10.8. The summed E-state index contributed by atoms with van der Waals surface area (Å²) in [6.45, 7) is 2.21. The van der Waals surface area contributed by atoms with E-state index in [1.807, 2.05) is 0 Å². The number of nitrogens with one attached hydrogen (secondary N) is 6. The molecule has 0 unspecified atom stereocenters. The molecule has 2 aliphatic heterocycles. The predicted octanol–water partition coefficient (Wildman–Crippen LogP) is -5.26. The number of rotatable bonds is 27. The fourth-order valence-corrected chi connectivity index (χ4v) is 7.43. The Bertz CT molecular complexity index is 1670. The topological polar surface area (TPSA) is 361 Å². The fourth-order valence-electron chi connectivity index (χ4n) is 7.18. The van der Waals surface area contributed by atoms with Crippen LogP contribution in [0.4, 0.5) is 0 Å². The highest BCUT2D eigenvalue weighted by Crippen LogP contribution is 2.26. The highest BCUT2D eigenvalue weighted by atomic mass is 32.1. The molecule has 0 aliphatic carbocycles. The minimum Gasteiger partial charge on any atom is -0.480 e. The molecule has 2 saturated heterocycles. The van der Waals surface area contributed by atoms with Crippen LogP contribution in [0, 0.1) is 0 Å². The number of thiol groups is 1. The van der Waals surface area contributed by atoms with Gasteiger partial charge in [0.1, 0.15) is 42.3 Å². The van der Waals surface area contributed by atoms with Crippen LogP contribution in [0.5, 0.6) is 0 Å². The van der Waals surface area contributed by atoms with E-state index in [2.05, 4.69) is 49.5 Å². The average Bonchev–Trinajstić information content (AvgIpc) is 3.94. The van der Waals surface area contributed by atoms with Crippen molar-refractivity contribution < 1.29 is 58.5 Å². The Labute approximate surface area is 378 Å². The molecule has 0 aromatic carbocycles. The van der Waals surface area contributed by atoms with Gasteiger partial charge in [-0.1, -0.05) is 0 Å². The second kappa shape index (κ2) is 27.9. The van der Waals surface area contributed by atoms with Gasteiger partial charge in [0, 0.05) is 25.4 Å². The molecule has 0 radical (unpaired) electrons. The molecule has 0 spiro atoms. The van der Waals surface area contributed by atoms with Gasteiger partial charge in [-0.15, -0.1) is 0 Å². The quantitative estimate of drug-likeness (QED) is 0.0159. The monoisotopic (exact) mass is 928 g/mol. The minimum absolute atomic E-state index is 0.0669. The van der Waals surface area contributed by atoms with Gasteiger partial charge in [-0.2, -0.15) is 12.6 Å². The first kappa shape index (κ1) is 55.0. The number of likely N-dealkylation sites (tertiary alicyclic amines) is 2. The van der Waals surface area contributed by atoms with Crippen molar-refractivity contribution in [3.63, 3.8) is 0 Å². The van der Waals surface area contributed by atoms with Crippen molar-refractivity contribution in [3.05, 3.63) is 0 Å². The van der Waals surface area contributed by atoms with Crippen molar-refractivity contribution in [2.24, 2.45) is 16.5 Å². The van der Waals surface area contributed by atoms with Gasteiger partial charge in [0.25, 0.3) is 0 Å². The third kappa shape index (κ3) is 17.8. The molecular weight excluding hydrogens is 861 g/mol. The van der Waals surface area contributed by atoms with Crippen molar-refractivity contribution >= 4 is 71.7 Å². The Morgan fingerprint density at radius 2 is 1.42 bits per heavy atom. The van der Waals surface area contributed by atoms with E-state index >= 15 is 0 Å². The van der Waals surface area contributed by atoms with Crippen LogP contribution >= 0.6 is 12.6 Å². The maximum absolute atomic E-state index is 14.2. The molecule has 25 heteroatoms. The molecule has 0 aromatic heterocycles. The SMILES string of the molecule is CC(N)=NCCC[C@H](NC(=O)[C@@H]1CCCN1C(=O)[C@@H]1CCCN1C(=O)[C@H](CCCCN)NC(=O)[C@@H](NC(=O)CNC(=O)[C@H](CS)NC(=O)[C@H](CO)NC(=O)CN(C)C)[C@@H](C)O)C(=O)O. The molecular formula is C39H68N12O12S. The zero-order chi connectivity index (χ0) is 48.1. The van der Waals surface area contributed by atoms with Gasteiger partial charge < -0.3 is 73.4 Å². The van der Waals surface area contributed by atoms with Crippen molar-refractivity contribution in [2.45, 2.75) is 120 Å². The lowest BCUT2D eigenvalue weighted by molar-refractivity contribution is -0.149. The van der Waals surface area contributed by atoms with E-state index in [-0.39, 0.29) is 64.2 Å². The number of unbranched alkanes of at least 4 members (excludes halogenated alkanes) is 1. The van der Waals surface area contributed by atoms with Gasteiger partial charge >= 0.3 is 5.97 Å². The zero-order valence-electron chi connectivity index (χ0n) is 37.0. The Kier molecular flexibility index (Phi) is 24.0. The summed E-state index contributed by atoms with van der Waals surface area (Å²) in [7, 11) is 3.26. The summed E-state index contributed by atoms with van der Waals surface area (Å²) in [6, 6.07) is -8.69. The number of nitrogens with two attached hydrogens (primary N) is 2. The number of likely N-dealkylation sites (N-methyl/N-ethyl adjacent to an activating group) is 1. The molecule has 0 saturated carbocycles. The van der Waals surface area contributed by atoms with Crippen LogP contribution < -0.4 is 43.4 Å². The summed E-state index contributed by atoms with van der Waals surface area (Å²) >= 11 is 4.07. The van der Waals surface area contributed by atoms with E-state index in [1.165, 1.54) is 16.7 Å². The number of aliphatic hydroxyl groups excluding tert-OH is 2. The Hall–Kier alpha value is -5.11. The molecule has 13 N–H and O–H groups in total.